The number of nitrogen functional groups attached to an aromatic ring is 1. The highest BCUT2D eigenvalue weighted by Crippen LogP contribution is 2.33. The van der Waals surface area contributed by atoms with E-state index >= 15 is 0 Å². The molecule has 2 rings (SSSR count). The molecule has 1 aromatic carbocycles. The van der Waals surface area contributed by atoms with Crippen molar-refractivity contribution in [2.45, 2.75) is 26.2 Å². The molecule has 98 valence electrons. The molecule has 0 amide bonds. The van der Waals surface area contributed by atoms with Crippen molar-refractivity contribution in [3.63, 3.8) is 0 Å². The highest BCUT2D eigenvalue weighted by atomic mass is 16.5. The van der Waals surface area contributed by atoms with Gasteiger partial charge < -0.3 is 15.2 Å². The average molecular weight is 248 g/mol. The molecular weight excluding hydrogens is 228 g/mol. The third-order valence-electron chi connectivity index (χ3n) is 3.04. The second-order valence-electron chi connectivity index (χ2n) is 4.59. The zero-order chi connectivity index (χ0) is 13.0. The van der Waals surface area contributed by atoms with Crippen LogP contribution in [0.1, 0.15) is 31.7 Å². The lowest BCUT2D eigenvalue weighted by molar-refractivity contribution is 0.269. The second-order valence-corrected chi connectivity index (χ2v) is 4.59. The van der Waals surface area contributed by atoms with Gasteiger partial charge in [-0.1, -0.05) is 12.8 Å². The van der Waals surface area contributed by atoms with Gasteiger partial charge in [-0.15, -0.1) is 0 Å². The predicted octanol–water partition coefficient (Wildman–Crippen LogP) is 2.55. The summed E-state index contributed by atoms with van der Waals surface area (Å²) in [5, 5.41) is 7.42. The maximum atomic E-state index is 7.42. The predicted molar refractivity (Wildman–Crippen MR) is 71.5 cm³/mol. The summed E-state index contributed by atoms with van der Waals surface area (Å²) in [6.07, 6.45) is 3.79. The van der Waals surface area contributed by atoms with Crippen LogP contribution in [0.5, 0.6) is 11.5 Å². The second kappa shape index (κ2) is 5.76. The molecule has 0 bridgehead atoms. The Morgan fingerprint density at radius 2 is 2.11 bits per heavy atom. The topological polar surface area (TPSA) is 68.3 Å². The van der Waals surface area contributed by atoms with E-state index in [4.69, 9.17) is 20.6 Å². The van der Waals surface area contributed by atoms with E-state index in [1.165, 1.54) is 12.8 Å². The van der Waals surface area contributed by atoms with Gasteiger partial charge in [-0.25, -0.2) is 0 Å². The molecule has 0 spiro atoms. The Hall–Kier alpha value is -1.71. The number of nitrogens with one attached hydrogen (secondary N) is 1. The quantitative estimate of drug-likeness (QED) is 0.575. The first-order chi connectivity index (χ1) is 8.70. The minimum absolute atomic E-state index is 0.0421. The maximum absolute atomic E-state index is 7.42. The van der Waals surface area contributed by atoms with Crippen LogP contribution in [0.25, 0.3) is 0 Å². The summed E-state index contributed by atoms with van der Waals surface area (Å²) in [6, 6.07) is 5.38. The molecule has 0 saturated heterocycles. The van der Waals surface area contributed by atoms with Gasteiger partial charge in [0.25, 0.3) is 0 Å². The molecule has 1 aromatic rings. The molecule has 4 nitrogen and oxygen atoms in total. The number of ether oxygens (including phenoxy) is 2. The first kappa shape index (κ1) is 12.7. The van der Waals surface area contributed by atoms with Gasteiger partial charge in [-0.3, -0.25) is 5.41 Å². The molecule has 0 aliphatic heterocycles. The minimum atomic E-state index is 0.0421. The highest BCUT2D eigenvalue weighted by molar-refractivity contribution is 5.95. The van der Waals surface area contributed by atoms with Gasteiger partial charge in [0.05, 0.1) is 13.2 Å². The zero-order valence-electron chi connectivity index (χ0n) is 10.7. The molecular formula is C14H20N2O2. The van der Waals surface area contributed by atoms with Crippen molar-refractivity contribution >= 4 is 5.84 Å². The smallest absolute Gasteiger partial charge is 0.161 e. The molecule has 0 heterocycles. The van der Waals surface area contributed by atoms with Gasteiger partial charge in [0.1, 0.15) is 5.84 Å². The van der Waals surface area contributed by atoms with Crippen LogP contribution in [0.4, 0.5) is 0 Å². The lowest BCUT2D eigenvalue weighted by Crippen LogP contribution is -2.11. The van der Waals surface area contributed by atoms with Crippen molar-refractivity contribution in [3.05, 3.63) is 23.8 Å². The SMILES string of the molecule is CCOc1cc(C(=N)N)ccc1OCCC1CC1. The van der Waals surface area contributed by atoms with Gasteiger partial charge in [0.2, 0.25) is 0 Å². The molecule has 3 N–H and O–H groups in total. The zero-order valence-corrected chi connectivity index (χ0v) is 10.7. The lowest BCUT2D eigenvalue weighted by Gasteiger charge is -2.13. The molecule has 0 radical (unpaired) electrons. The van der Waals surface area contributed by atoms with Crippen LogP contribution in [0, 0.1) is 11.3 Å². The summed E-state index contributed by atoms with van der Waals surface area (Å²) in [5.41, 5.74) is 6.12. The summed E-state index contributed by atoms with van der Waals surface area (Å²) in [5.74, 6) is 2.31. The number of benzene rings is 1. The molecule has 1 saturated carbocycles. The summed E-state index contributed by atoms with van der Waals surface area (Å²) in [7, 11) is 0. The molecule has 0 unspecified atom stereocenters. The van der Waals surface area contributed by atoms with E-state index in [0.29, 0.717) is 17.9 Å². The van der Waals surface area contributed by atoms with E-state index in [-0.39, 0.29) is 5.84 Å². The first-order valence-corrected chi connectivity index (χ1v) is 6.44. The van der Waals surface area contributed by atoms with Crippen molar-refractivity contribution in [1.82, 2.24) is 0 Å². The average Bonchev–Trinajstić information content (AvgIpc) is 3.15. The minimum Gasteiger partial charge on any atom is -0.490 e. The third-order valence-corrected chi connectivity index (χ3v) is 3.04. The largest absolute Gasteiger partial charge is 0.490 e. The molecule has 18 heavy (non-hydrogen) atoms. The van der Waals surface area contributed by atoms with Gasteiger partial charge in [0.15, 0.2) is 11.5 Å². The van der Waals surface area contributed by atoms with Crippen molar-refractivity contribution < 1.29 is 9.47 Å². The summed E-state index contributed by atoms with van der Waals surface area (Å²) in [4.78, 5) is 0. The molecule has 4 heteroatoms. The molecule has 0 atom stereocenters. The fraction of sp³-hybridized carbons (Fsp3) is 0.500. The van der Waals surface area contributed by atoms with E-state index in [9.17, 15) is 0 Å². The van der Waals surface area contributed by atoms with Crippen molar-refractivity contribution in [1.29, 1.82) is 5.41 Å². The Bertz CT molecular complexity index is 428. The van der Waals surface area contributed by atoms with Crippen LogP contribution in [-0.4, -0.2) is 19.0 Å². The van der Waals surface area contributed by atoms with Gasteiger partial charge in [0, 0.05) is 5.56 Å². The van der Waals surface area contributed by atoms with Crippen LogP contribution < -0.4 is 15.2 Å². The molecule has 1 aliphatic rings. The van der Waals surface area contributed by atoms with Crippen LogP contribution in [0.2, 0.25) is 0 Å². The van der Waals surface area contributed by atoms with E-state index in [2.05, 4.69) is 0 Å². The van der Waals surface area contributed by atoms with Crippen LogP contribution in [0.3, 0.4) is 0 Å². The summed E-state index contributed by atoms with van der Waals surface area (Å²) < 4.78 is 11.3. The van der Waals surface area contributed by atoms with Crippen LogP contribution in [-0.2, 0) is 0 Å². The Kier molecular flexibility index (Phi) is 4.07. The normalized spacial score (nSPS) is 14.3. The number of hydrogen-bond donors (Lipinski definition) is 2. The van der Waals surface area contributed by atoms with Crippen LogP contribution >= 0.6 is 0 Å². The Morgan fingerprint density at radius 3 is 2.72 bits per heavy atom. The Balaban J connectivity index is 2.03. The fourth-order valence-electron chi connectivity index (χ4n) is 1.81. The first-order valence-electron chi connectivity index (χ1n) is 6.44. The summed E-state index contributed by atoms with van der Waals surface area (Å²) >= 11 is 0. The lowest BCUT2D eigenvalue weighted by atomic mass is 10.2. The fourth-order valence-corrected chi connectivity index (χ4v) is 1.81. The maximum Gasteiger partial charge on any atom is 0.161 e. The monoisotopic (exact) mass is 248 g/mol. The van der Waals surface area contributed by atoms with Crippen LogP contribution in [0.15, 0.2) is 18.2 Å². The van der Waals surface area contributed by atoms with E-state index < -0.39 is 0 Å². The van der Waals surface area contributed by atoms with E-state index in [1.807, 2.05) is 13.0 Å². The van der Waals surface area contributed by atoms with Gasteiger partial charge in [-0.05, 0) is 37.5 Å². The highest BCUT2D eigenvalue weighted by Gasteiger charge is 2.21. The van der Waals surface area contributed by atoms with Crippen molar-refractivity contribution in [3.8, 4) is 11.5 Å². The number of amidine groups is 1. The van der Waals surface area contributed by atoms with E-state index in [1.54, 1.807) is 12.1 Å². The van der Waals surface area contributed by atoms with Crippen molar-refractivity contribution in [2.75, 3.05) is 13.2 Å². The summed E-state index contributed by atoms with van der Waals surface area (Å²) in [6.45, 7) is 3.22. The number of rotatable bonds is 7. The molecule has 0 aromatic heterocycles. The van der Waals surface area contributed by atoms with Crippen molar-refractivity contribution in [2.24, 2.45) is 11.7 Å². The van der Waals surface area contributed by atoms with E-state index in [0.717, 1.165) is 24.7 Å². The standard InChI is InChI=1S/C14H20N2O2/c1-2-17-13-9-11(14(15)16)5-6-12(13)18-8-7-10-3-4-10/h5-6,9-10H,2-4,7-8H2,1H3,(H3,15,16). The Morgan fingerprint density at radius 1 is 1.33 bits per heavy atom. The van der Waals surface area contributed by atoms with Gasteiger partial charge >= 0.3 is 0 Å². The Labute approximate surface area is 108 Å². The third kappa shape index (κ3) is 3.39. The number of nitrogens with two attached hydrogens (primary N) is 1. The molecule has 1 fully saturated rings. The van der Waals surface area contributed by atoms with Gasteiger partial charge in [-0.2, -0.15) is 0 Å². The molecule has 1 aliphatic carbocycles. The number of hydrogen-bond acceptors (Lipinski definition) is 3.